The summed E-state index contributed by atoms with van der Waals surface area (Å²) in [6.07, 6.45) is 4.29. The van der Waals surface area contributed by atoms with Gasteiger partial charge in [0.1, 0.15) is 0 Å². The number of benzene rings is 1. The third kappa shape index (κ3) is 8.36. The first kappa shape index (κ1) is 22.9. The second kappa shape index (κ2) is 11.5. The van der Waals surface area contributed by atoms with E-state index >= 15 is 0 Å². The summed E-state index contributed by atoms with van der Waals surface area (Å²) in [5.41, 5.74) is 1.08. The van der Waals surface area contributed by atoms with Crippen molar-refractivity contribution in [3.63, 3.8) is 0 Å². The summed E-state index contributed by atoms with van der Waals surface area (Å²) in [6.45, 7) is 5.85. The van der Waals surface area contributed by atoms with E-state index in [0.29, 0.717) is 11.3 Å². The predicted octanol–water partition coefficient (Wildman–Crippen LogP) is 3.71. The number of thioether (sulfide) groups is 1. The van der Waals surface area contributed by atoms with Gasteiger partial charge in [0, 0.05) is 30.0 Å². The van der Waals surface area contributed by atoms with Gasteiger partial charge >= 0.3 is 0 Å². The Kier molecular flexibility index (Phi) is 9.74. The molecule has 0 aliphatic rings. The summed E-state index contributed by atoms with van der Waals surface area (Å²) in [5.74, 6) is -0.357. The summed E-state index contributed by atoms with van der Waals surface area (Å²) >= 11 is 0.920. The fraction of sp³-hybridized carbons (Fsp3) is 0.474. The molecule has 0 fully saturated rings. The highest BCUT2D eigenvalue weighted by Crippen LogP contribution is 2.29. The number of allylic oxidation sites excluding steroid dienone is 2. The first-order valence-electron chi connectivity index (χ1n) is 8.76. The zero-order valence-corrected chi connectivity index (χ0v) is 16.7. The number of carbonyl (C=O) groups excluding carboxylic acids is 2. The van der Waals surface area contributed by atoms with Crippen LogP contribution in [0.25, 0.3) is 0 Å². The highest BCUT2D eigenvalue weighted by Gasteiger charge is 2.20. The van der Waals surface area contributed by atoms with Gasteiger partial charge in [0.05, 0.1) is 17.1 Å². The number of aliphatic hydroxyl groups excluding tert-OH is 1. The lowest BCUT2D eigenvalue weighted by molar-refractivity contribution is -0.384. The molecule has 0 spiro atoms. The number of nitrogens with one attached hydrogen (secondary N) is 1. The Bertz CT molecular complexity index is 714. The Morgan fingerprint density at radius 3 is 2.67 bits per heavy atom. The molecule has 1 amide bonds. The molecule has 148 valence electrons. The number of nitrogens with zero attached hydrogens (tertiary/aromatic N) is 1. The van der Waals surface area contributed by atoms with Crippen LogP contribution in [0.5, 0.6) is 0 Å². The van der Waals surface area contributed by atoms with E-state index in [1.54, 1.807) is 0 Å². The predicted molar refractivity (Wildman–Crippen MR) is 106 cm³/mol. The smallest absolute Gasteiger partial charge is 0.270 e. The first-order valence-corrected chi connectivity index (χ1v) is 9.57. The molecule has 8 heteroatoms. The van der Waals surface area contributed by atoms with Gasteiger partial charge in [-0.1, -0.05) is 30.3 Å². The van der Waals surface area contributed by atoms with Crippen LogP contribution < -0.4 is 5.32 Å². The number of nitro groups is 1. The second-order valence-corrected chi connectivity index (χ2v) is 7.66. The number of amides is 1. The molecule has 1 atom stereocenters. The van der Waals surface area contributed by atoms with Crippen molar-refractivity contribution in [1.29, 1.82) is 0 Å². The minimum Gasteiger partial charge on any atom is -0.395 e. The maximum Gasteiger partial charge on any atom is 0.270 e. The van der Waals surface area contributed by atoms with E-state index in [0.717, 1.165) is 30.7 Å². The zero-order chi connectivity index (χ0) is 20.4. The van der Waals surface area contributed by atoms with Crippen molar-refractivity contribution in [1.82, 2.24) is 5.32 Å². The number of nitro benzene ring substituents is 1. The summed E-state index contributed by atoms with van der Waals surface area (Å²) in [4.78, 5) is 35.4. The summed E-state index contributed by atoms with van der Waals surface area (Å²) in [5, 5.41) is 22.2. The van der Waals surface area contributed by atoms with Crippen molar-refractivity contribution in [2.75, 3.05) is 13.2 Å². The highest BCUT2D eigenvalue weighted by molar-refractivity contribution is 8.13. The molecule has 0 radical (unpaired) electrons. The van der Waals surface area contributed by atoms with Gasteiger partial charge in [-0.05, 0) is 38.7 Å². The standard InChI is InChI=1S/C19H26N2O5S/c1-13(2)5-4-6-14(3)11-18(23)27-17-8-7-15(21(25)26)12-16(17)19(24)20-9-10-22/h5,7-8,12,14,22H,4,6,9-11H2,1-3H3,(H,20,24). The van der Waals surface area contributed by atoms with Crippen LogP contribution in [0.1, 0.15) is 50.4 Å². The van der Waals surface area contributed by atoms with Crippen LogP contribution in [0, 0.1) is 16.0 Å². The number of rotatable bonds is 10. The van der Waals surface area contributed by atoms with E-state index in [1.165, 1.54) is 17.7 Å². The van der Waals surface area contributed by atoms with Crippen molar-refractivity contribution in [2.45, 2.75) is 44.9 Å². The van der Waals surface area contributed by atoms with Gasteiger partial charge in [-0.15, -0.1) is 0 Å². The summed E-state index contributed by atoms with van der Waals surface area (Å²) in [6, 6.07) is 3.85. The average molecular weight is 394 g/mol. The second-order valence-electron chi connectivity index (χ2n) is 6.56. The largest absolute Gasteiger partial charge is 0.395 e. The Morgan fingerprint density at radius 2 is 2.07 bits per heavy atom. The summed E-state index contributed by atoms with van der Waals surface area (Å²) in [7, 11) is 0. The van der Waals surface area contributed by atoms with Crippen LogP contribution in [0.3, 0.4) is 0 Å². The average Bonchev–Trinajstić information content (AvgIpc) is 2.59. The first-order chi connectivity index (χ1) is 12.7. The topological polar surface area (TPSA) is 110 Å². The Balaban J connectivity index is 2.85. The number of carbonyl (C=O) groups is 2. The van der Waals surface area contributed by atoms with Gasteiger partial charge in [0.2, 0.25) is 0 Å². The molecule has 0 heterocycles. The molecule has 0 bridgehead atoms. The molecule has 0 saturated carbocycles. The molecule has 1 unspecified atom stereocenters. The van der Waals surface area contributed by atoms with E-state index in [1.807, 2.05) is 20.8 Å². The minimum atomic E-state index is -0.593. The van der Waals surface area contributed by atoms with Crippen molar-refractivity contribution < 1.29 is 19.6 Å². The molecule has 27 heavy (non-hydrogen) atoms. The lowest BCUT2D eigenvalue weighted by atomic mass is 10.0. The fourth-order valence-electron chi connectivity index (χ4n) is 2.37. The third-order valence-corrected chi connectivity index (χ3v) is 4.74. The van der Waals surface area contributed by atoms with Crippen molar-refractivity contribution in [3.05, 3.63) is 45.5 Å². The van der Waals surface area contributed by atoms with Gasteiger partial charge in [0.25, 0.3) is 11.6 Å². The van der Waals surface area contributed by atoms with Gasteiger partial charge in [-0.25, -0.2) is 0 Å². The normalized spacial score (nSPS) is 11.6. The van der Waals surface area contributed by atoms with Crippen molar-refractivity contribution >= 4 is 28.5 Å². The van der Waals surface area contributed by atoms with Gasteiger partial charge in [-0.3, -0.25) is 19.7 Å². The molecule has 0 saturated heterocycles. The van der Waals surface area contributed by atoms with Crippen LogP contribution in [0.4, 0.5) is 5.69 Å². The minimum absolute atomic E-state index is 0.0287. The van der Waals surface area contributed by atoms with Crippen LogP contribution in [0.2, 0.25) is 0 Å². The fourth-order valence-corrected chi connectivity index (χ4v) is 3.38. The zero-order valence-electron chi connectivity index (χ0n) is 15.9. The molecule has 2 N–H and O–H groups in total. The molecule has 7 nitrogen and oxygen atoms in total. The molecule has 1 aromatic carbocycles. The molecule has 1 aromatic rings. The van der Waals surface area contributed by atoms with Crippen LogP contribution in [-0.4, -0.2) is 34.2 Å². The molecule has 1 rings (SSSR count). The maximum atomic E-state index is 12.4. The van der Waals surface area contributed by atoms with Crippen molar-refractivity contribution in [2.24, 2.45) is 5.92 Å². The van der Waals surface area contributed by atoms with Gasteiger partial charge in [-0.2, -0.15) is 0 Å². The van der Waals surface area contributed by atoms with Gasteiger partial charge in [0.15, 0.2) is 5.12 Å². The van der Waals surface area contributed by atoms with E-state index in [-0.39, 0.29) is 35.4 Å². The highest BCUT2D eigenvalue weighted by atomic mass is 32.2. The van der Waals surface area contributed by atoms with E-state index in [9.17, 15) is 19.7 Å². The lowest BCUT2D eigenvalue weighted by Crippen LogP contribution is -2.27. The SMILES string of the molecule is CC(C)=CCCC(C)CC(=O)Sc1ccc([N+](=O)[O-])cc1C(=O)NCCO. The number of non-ortho nitro benzene ring substituents is 1. The Hall–Kier alpha value is -2.19. The Labute approximate surface area is 163 Å². The molecule has 0 aliphatic heterocycles. The number of hydrogen-bond donors (Lipinski definition) is 2. The monoisotopic (exact) mass is 394 g/mol. The summed E-state index contributed by atoms with van der Waals surface area (Å²) < 4.78 is 0. The number of aliphatic hydroxyl groups is 1. The lowest BCUT2D eigenvalue weighted by Gasteiger charge is -2.11. The molecular formula is C19H26N2O5S. The molecule has 0 aromatic heterocycles. The van der Waals surface area contributed by atoms with E-state index in [2.05, 4.69) is 11.4 Å². The third-order valence-electron chi connectivity index (χ3n) is 3.77. The van der Waals surface area contributed by atoms with Crippen LogP contribution in [0.15, 0.2) is 34.7 Å². The number of hydrogen-bond acceptors (Lipinski definition) is 6. The Morgan fingerprint density at radius 1 is 1.37 bits per heavy atom. The molecular weight excluding hydrogens is 368 g/mol. The maximum absolute atomic E-state index is 12.4. The van der Waals surface area contributed by atoms with Crippen molar-refractivity contribution in [3.8, 4) is 0 Å². The van der Waals surface area contributed by atoms with E-state index in [4.69, 9.17) is 5.11 Å². The molecule has 0 aliphatic carbocycles. The quantitative estimate of drug-likeness (QED) is 0.271. The van der Waals surface area contributed by atoms with Crippen LogP contribution >= 0.6 is 11.8 Å². The van der Waals surface area contributed by atoms with Gasteiger partial charge < -0.3 is 10.4 Å². The van der Waals surface area contributed by atoms with E-state index < -0.39 is 10.8 Å². The van der Waals surface area contributed by atoms with Crippen LogP contribution in [-0.2, 0) is 4.79 Å².